The molecule has 0 unspecified atom stereocenters. The van der Waals surface area contributed by atoms with Crippen molar-refractivity contribution in [1.29, 1.82) is 0 Å². The average molecular weight is 203 g/mol. The first-order valence-electron chi connectivity index (χ1n) is 4.83. The van der Waals surface area contributed by atoms with E-state index in [2.05, 4.69) is 39.9 Å². The van der Waals surface area contributed by atoms with Crippen LogP contribution in [-0.4, -0.2) is 27.3 Å². The van der Waals surface area contributed by atoms with Gasteiger partial charge in [0.05, 0.1) is 6.04 Å². The number of nitrogens with zero attached hydrogens (tertiary/aromatic N) is 4. The van der Waals surface area contributed by atoms with Gasteiger partial charge < -0.3 is 5.32 Å². The lowest BCUT2D eigenvalue weighted by atomic mass is 10.1. The van der Waals surface area contributed by atoms with E-state index in [1.165, 1.54) is 5.56 Å². The molecule has 5 heteroatoms. The molecule has 0 saturated carbocycles. The third kappa shape index (κ3) is 1.81. The molecule has 0 spiro atoms. The monoisotopic (exact) mass is 203 g/mol. The van der Waals surface area contributed by atoms with Crippen LogP contribution in [0, 0.1) is 0 Å². The molecule has 0 aliphatic carbocycles. The first-order valence-corrected chi connectivity index (χ1v) is 4.83. The Morgan fingerprint density at radius 1 is 1.27 bits per heavy atom. The van der Waals surface area contributed by atoms with Crippen molar-refractivity contribution in [1.82, 2.24) is 20.2 Å². The summed E-state index contributed by atoms with van der Waals surface area (Å²) >= 11 is 0. The average Bonchev–Trinajstić information content (AvgIpc) is 2.77. The van der Waals surface area contributed by atoms with E-state index in [1.807, 2.05) is 18.2 Å². The summed E-state index contributed by atoms with van der Waals surface area (Å²) in [7, 11) is 1.81. The molecule has 0 aliphatic rings. The van der Waals surface area contributed by atoms with Gasteiger partial charge in [-0.25, -0.2) is 4.68 Å². The lowest BCUT2D eigenvalue weighted by Gasteiger charge is -2.12. The number of nitrogens with one attached hydrogen (secondary N) is 1. The highest BCUT2D eigenvalue weighted by Gasteiger charge is 2.12. The molecule has 0 fully saturated rings. The van der Waals surface area contributed by atoms with E-state index >= 15 is 0 Å². The fourth-order valence-electron chi connectivity index (χ4n) is 1.49. The molecule has 0 radical (unpaired) electrons. The van der Waals surface area contributed by atoms with Gasteiger partial charge in [0.25, 0.3) is 0 Å². The van der Waals surface area contributed by atoms with E-state index in [-0.39, 0.29) is 6.04 Å². The van der Waals surface area contributed by atoms with Crippen molar-refractivity contribution in [2.45, 2.75) is 13.0 Å². The molecular weight excluding hydrogens is 190 g/mol. The van der Waals surface area contributed by atoms with Gasteiger partial charge in [-0.15, -0.1) is 0 Å². The number of tetrazole rings is 1. The summed E-state index contributed by atoms with van der Waals surface area (Å²) in [6, 6.07) is 10.3. The Labute approximate surface area is 88.1 Å². The molecule has 78 valence electrons. The van der Waals surface area contributed by atoms with Crippen molar-refractivity contribution in [3.63, 3.8) is 0 Å². The maximum Gasteiger partial charge on any atom is 0.243 e. The predicted octanol–water partition coefficient (Wildman–Crippen LogP) is 1.32. The van der Waals surface area contributed by atoms with Crippen LogP contribution in [-0.2, 0) is 0 Å². The molecule has 0 amide bonds. The van der Waals surface area contributed by atoms with Crippen LogP contribution < -0.4 is 5.32 Å². The van der Waals surface area contributed by atoms with Gasteiger partial charge in [0.15, 0.2) is 0 Å². The van der Waals surface area contributed by atoms with Gasteiger partial charge in [-0.2, -0.15) is 0 Å². The van der Waals surface area contributed by atoms with E-state index in [1.54, 1.807) is 11.7 Å². The van der Waals surface area contributed by atoms with Crippen molar-refractivity contribution in [2.75, 3.05) is 12.4 Å². The Morgan fingerprint density at radius 3 is 2.67 bits per heavy atom. The summed E-state index contributed by atoms with van der Waals surface area (Å²) in [6.45, 7) is 2.06. The second kappa shape index (κ2) is 4.08. The number of benzene rings is 1. The summed E-state index contributed by atoms with van der Waals surface area (Å²) in [5.74, 6) is 0.673. The lowest BCUT2D eigenvalue weighted by Crippen LogP contribution is -2.11. The normalized spacial score (nSPS) is 12.4. The summed E-state index contributed by atoms with van der Waals surface area (Å²) in [5, 5.41) is 14.4. The van der Waals surface area contributed by atoms with Crippen LogP contribution in [0.1, 0.15) is 18.5 Å². The smallest absolute Gasteiger partial charge is 0.243 e. The van der Waals surface area contributed by atoms with Gasteiger partial charge in [0.2, 0.25) is 5.95 Å². The molecule has 2 rings (SSSR count). The first kappa shape index (κ1) is 9.64. The maximum absolute atomic E-state index is 3.96. The van der Waals surface area contributed by atoms with Gasteiger partial charge in [-0.1, -0.05) is 35.4 Å². The predicted molar refractivity (Wildman–Crippen MR) is 57.6 cm³/mol. The second-order valence-electron chi connectivity index (χ2n) is 3.28. The number of anilines is 1. The number of hydrogen-bond donors (Lipinski definition) is 1. The zero-order valence-corrected chi connectivity index (χ0v) is 8.75. The number of hydrogen-bond acceptors (Lipinski definition) is 4. The van der Waals surface area contributed by atoms with E-state index in [0.29, 0.717) is 5.95 Å². The first-order chi connectivity index (χ1) is 7.33. The SMILES string of the molecule is CNc1nnnn1[C@H](C)c1ccccc1. The van der Waals surface area contributed by atoms with Crippen LogP contribution in [0.4, 0.5) is 5.95 Å². The standard InChI is InChI=1S/C10H13N5/c1-8(9-6-4-3-5-7-9)15-10(11-2)12-13-14-15/h3-8H,1-2H3,(H,11,12,14)/t8-/m1/s1. The summed E-state index contributed by atoms with van der Waals surface area (Å²) in [6.07, 6.45) is 0. The molecule has 5 nitrogen and oxygen atoms in total. The molecule has 1 aromatic carbocycles. The van der Waals surface area contributed by atoms with Gasteiger partial charge in [-0.3, -0.25) is 0 Å². The Balaban J connectivity index is 2.32. The second-order valence-corrected chi connectivity index (χ2v) is 3.28. The Bertz CT molecular complexity index is 422. The highest BCUT2D eigenvalue weighted by atomic mass is 15.6. The molecule has 0 bridgehead atoms. The fraction of sp³-hybridized carbons (Fsp3) is 0.300. The quantitative estimate of drug-likeness (QED) is 0.817. The zero-order chi connectivity index (χ0) is 10.7. The number of aromatic nitrogens is 4. The van der Waals surface area contributed by atoms with Gasteiger partial charge >= 0.3 is 0 Å². The zero-order valence-electron chi connectivity index (χ0n) is 8.75. The largest absolute Gasteiger partial charge is 0.356 e. The van der Waals surface area contributed by atoms with Crippen LogP contribution in [0.15, 0.2) is 30.3 Å². The van der Waals surface area contributed by atoms with Crippen molar-refractivity contribution in [2.24, 2.45) is 0 Å². The molecule has 2 aromatic rings. The van der Waals surface area contributed by atoms with Crippen molar-refractivity contribution >= 4 is 5.95 Å². The minimum atomic E-state index is 0.128. The van der Waals surface area contributed by atoms with Crippen molar-refractivity contribution in [3.05, 3.63) is 35.9 Å². The van der Waals surface area contributed by atoms with E-state index < -0.39 is 0 Å². The molecule has 1 heterocycles. The van der Waals surface area contributed by atoms with Gasteiger partial charge in [0.1, 0.15) is 0 Å². The minimum absolute atomic E-state index is 0.128. The molecule has 1 aromatic heterocycles. The Kier molecular flexibility index (Phi) is 2.62. The van der Waals surface area contributed by atoms with Crippen molar-refractivity contribution < 1.29 is 0 Å². The lowest BCUT2D eigenvalue weighted by molar-refractivity contribution is 0.548. The topological polar surface area (TPSA) is 55.6 Å². The Hall–Kier alpha value is -1.91. The minimum Gasteiger partial charge on any atom is -0.356 e. The summed E-state index contributed by atoms with van der Waals surface area (Å²) in [5.41, 5.74) is 1.18. The number of rotatable bonds is 3. The third-order valence-electron chi connectivity index (χ3n) is 2.37. The van der Waals surface area contributed by atoms with E-state index in [9.17, 15) is 0 Å². The summed E-state index contributed by atoms with van der Waals surface area (Å²) < 4.78 is 1.76. The van der Waals surface area contributed by atoms with Crippen LogP contribution >= 0.6 is 0 Å². The van der Waals surface area contributed by atoms with Crippen LogP contribution in [0.5, 0.6) is 0 Å². The van der Waals surface area contributed by atoms with E-state index in [0.717, 1.165) is 0 Å². The molecule has 0 aliphatic heterocycles. The van der Waals surface area contributed by atoms with Crippen molar-refractivity contribution in [3.8, 4) is 0 Å². The van der Waals surface area contributed by atoms with Crippen LogP contribution in [0.3, 0.4) is 0 Å². The van der Waals surface area contributed by atoms with Crippen LogP contribution in [0.2, 0.25) is 0 Å². The fourth-order valence-corrected chi connectivity index (χ4v) is 1.49. The Morgan fingerprint density at radius 2 is 2.00 bits per heavy atom. The molecule has 1 atom stereocenters. The third-order valence-corrected chi connectivity index (χ3v) is 2.37. The van der Waals surface area contributed by atoms with Gasteiger partial charge in [0, 0.05) is 7.05 Å². The highest BCUT2D eigenvalue weighted by molar-refractivity contribution is 5.25. The maximum atomic E-state index is 3.96. The molecule has 1 N–H and O–H groups in total. The van der Waals surface area contributed by atoms with Gasteiger partial charge in [-0.05, 0) is 22.9 Å². The molecule has 15 heavy (non-hydrogen) atoms. The molecular formula is C10H13N5. The molecule has 0 saturated heterocycles. The summed E-state index contributed by atoms with van der Waals surface area (Å²) in [4.78, 5) is 0. The van der Waals surface area contributed by atoms with Crippen LogP contribution in [0.25, 0.3) is 0 Å². The van der Waals surface area contributed by atoms with E-state index in [4.69, 9.17) is 0 Å². The highest BCUT2D eigenvalue weighted by Crippen LogP contribution is 2.18.